The van der Waals surface area contributed by atoms with E-state index in [1.54, 1.807) is 16.2 Å². The molecule has 0 spiro atoms. The second-order valence-electron chi connectivity index (χ2n) is 6.06. The quantitative estimate of drug-likeness (QED) is 0.585. The van der Waals surface area contributed by atoms with E-state index in [1.807, 2.05) is 62.6 Å². The lowest BCUT2D eigenvalue weighted by Crippen LogP contribution is -2.33. The predicted molar refractivity (Wildman–Crippen MR) is 109 cm³/mol. The standard InChI is InChI=1S/C19H20BrN3OS/c1-22(2)12-7-13-23(18(24)14-8-3-4-9-15(14)20)19-21-16-10-5-6-11-17(16)25-19/h3-6,8-11H,7,12-13H2,1-2H3. The third-order valence-corrected chi connectivity index (χ3v) is 5.60. The molecule has 0 radical (unpaired) electrons. The van der Waals surface area contributed by atoms with Gasteiger partial charge in [-0.1, -0.05) is 35.6 Å². The van der Waals surface area contributed by atoms with E-state index in [0.717, 1.165) is 32.8 Å². The van der Waals surface area contributed by atoms with Gasteiger partial charge >= 0.3 is 0 Å². The number of fused-ring (bicyclic) bond motifs is 1. The number of amides is 1. The molecule has 1 amide bonds. The van der Waals surface area contributed by atoms with Crippen molar-refractivity contribution in [1.29, 1.82) is 0 Å². The highest BCUT2D eigenvalue weighted by molar-refractivity contribution is 9.10. The van der Waals surface area contributed by atoms with Crippen LogP contribution < -0.4 is 4.90 Å². The third-order valence-electron chi connectivity index (χ3n) is 3.85. The molecule has 1 aromatic heterocycles. The van der Waals surface area contributed by atoms with Crippen LogP contribution in [0.3, 0.4) is 0 Å². The highest BCUT2D eigenvalue weighted by atomic mass is 79.9. The van der Waals surface area contributed by atoms with Gasteiger partial charge in [0.25, 0.3) is 5.91 Å². The highest BCUT2D eigenvalue weighted by Gasteiger charge is 2.22. The van der Waals surface area contributed by atoms with Crippen molar-refractivity contribution >= 4 is 48.5 Å². The van der Waals surface area contributed by atoms with Crippen molar-refractivity contribution in [3.63, 3.8) is 0 Å². The number of nitrogens with zero attached hydrogens (tertiary/aromatic N) is 3. The fourth-order valence-electron chi connectivity index (χ4n) is 2.58. The van der Waals surface area contributed by atoms with Gasteiger partial charge in [-0.15, -0.1) is 0 Å². The van der Waals surface area contributed by atoms with Gasteiger partial charge < -0.3 is 4.90 Å². The maximum Gasteiger partial charge on any atom is 0.261 e. The molecular formula is C19H20BrN3OS. The number of rotatable bonds is 6. The average Bonchev–Trinajstić information content (AvgIpc) is 3.02. The van der Waals surface area contributed by atoms with E-state index in [0.29, 0.717) is 12.1 Å². The van der Waals surface area contributed by atoms with E-state index >= 15 is 0 Å². The molecule has 6 heteroatoms. The third kappa shape index (κ3) is 4.26. The Kier molecular flexibility index (Phi) is 5.83. The van der Waals surface area contributed by atoms with Gasteiger partial charge in [0.2, 0.25) is 0 Å². The van der Waals surface area contributed by atoms with E-state index in [2.05, 4.69) is 25.8 Å². The summed E-state index contributed by atoms with van der Waals surface area (Å²) in [7, 11) is 4.08. The van der Waals surface area contributed by atoms with Crippen molar-refractivity contribution in [3.8, 4) is 0 Å². The van der Waals surface area contributed by atoms with Crippen LogP contribution in [0.2, 0.25) is 0 Å². The summed E-state index contributed by atoms with van der Waals surface area (Å²) < 4.78 is 1.90. The van der Waals surface area contributed by atoms with Crippen LogP contribution in [-0.4, -0.2) is 43.0 Å². The molecule has 0 bridgehead atoms. The zero-order valence-electron chi connectivity index (χ0n) is 14.3. The summed E-state index contributed by atoms with van der Waals surface area (Å²) in [6, 6.07) is 15.5. The van der Waals surface area contributed by atoms with E-state index < -0.39 is 0 Å². The van der Waals surface area contributed by atoms with E-state index in [1.165, 1.54) is 0 Å². The summed E-state index contributed by atoms with van der Waals surface area (Å²) in [5.41, 5.74) is 1.59. The maximum atomic E-state index is 13.2. The Labute approximate surface area is 160 Å². The minimum Gasteiger partial charge on any atom is -0.309 e. The lowest BCUT2D eigenvalue weighted by Gasteiger charge is -2.21. The largest absolute Gasteiger partial charge is 0.309 e. The van der Waals surface area contributed by atoms with Gasteiger partial charge in [-0.2, -0.15) is 0 Å². The monoisotopic (exact) mass is 417 g/mol. The number of hydrogen-bond acceptors (Lipinski definition) is 4. The van der Waals surface area contributed by atoms with Crippen LogP contribution in [0.5, 0.6) is 0 Å². The number of halogens is 1. The first-order valence-corrected chi connectivity index (χ1v) is 9.74. The zero-order chi connectivity index (χ0) is 17.8. The molecule has 0 atom stereocenters. The average molecular weight is 418 g/mol. The molecule has 25 heavy (non-hydrogen) atoms. The van der Waals surface area contributed by atoms with Crippen molar-refractivity contribution in [1.82, 2.24) is 9.88 Å². The van der Waals surface area contributed by atoms with Crippen LogP contribution in [-0.2, 0) is 0 Å². The summed E-state index contributed by atoms with van der Waals surface area (Å²) in [6.45, 7) is 1.56. The summed E-state index contributed by atoms with van der Waals surface area (Å²) in [5, 5.41) is 0.751. The zero-order valence-corrected chi connectivity index (χ0v) is 16.7. The number of benzene rings is 2. The van der Waals surface area contributed by atoms with Crippen molar-refractivity contribution in [2.45, 2.75) is 6.42 Å². The number of carbonyl (C=O) groups excluding carboxylic acids is 1. The SMILES string of the molecule is CN(C)CCCN(C(=O)c1ccccc1Br)c1nc2ccccc2s1. The molecule has 1 heterocycles. The summed E-state index contributed by atoms with van der Waals surface area (Å²) in [6.07, 6.45) is 0.888. The van der Waals surface area contributed by atoms with Gasteiger partial charge in [-0.25, -0.2) is 4.98 Å². The Morgan fingerprint density at radius 2 is 1.80 bits per heavy atom. The Balaban J connectivity index is 1.94. The fraction of sp³-hybridized carbons (Fsp3) is 0.263. The Morgan fingerprint density at radius 1 is 1.08 bits per heavy atom. The minimum absolute atomic E-state index is 0.0229. The minimum atomic E-state index is -0.0229. The van der Waals surface area contributed by atoms with E-state index in [4.69, 9.17) is 0 Å². The summed E-state index contributed by atoms with van der Waals surface area (Å²) in [4.78, 5) is 21.8. The highest BCUT2D eigenvalue weighted by Crippen LogP contribution is 2.30. The number of thiazole rings is 1. The molecule has 0 aliphatic rings. The first-order valence-electron chi connectivity index (χ1n) is 8.13. The number of carbonyl (C=O) groups is 1. The molecule has 0 N–H and O–H groups in total. The van der Waals surface area contributed by atoms with Gasteiger partial charge in [0.15, 0.2) is 5.13 Å². The first-order chi connectivity index (χ1) is 12.1. The van der Waals surface area contributed by atoms with Crippen molar-refractivity contribution in [3.05, 3.63) is 58.6 Å². The molecule has 0 saturated carbocycles. The Hall–Kier alpha value is -1.76. The topological polar surface area (TPSA) is 36.4 Å². The molecule has 0 saturated heterocycles. The lowest BCUT2D eigenvalue weighted by atomic mass is 10.2. The Bertz CT molecular complexity index is 845. The van der Waals surface area contributed by atoms with Crippen LogP contribution in [0.25, 0.3) is 10.2 Å². The smallest absolute Gasteiger partial charge is 0.261 e. The van der Waals surface area contributed by atoms with Crippen LogP contribution in [0.4, 0.5) is 5.13 Å². The second kappa shape index (κ2) is 8.08. The lowest BCUT2D eigenvalue weighted by molar-refractivity contribution is 0.0985. The fourth-order valence-corrected chi connectivity index (χ4v) is 4.03. The second-order valence-corrected chi connectivity index (χ2v) is 7.92. The van der Waals surface area contributed by atoms with Crippen molar-refractivity contribution in [2.24, 2.45) is 0 Å². The van der Waals surface area contributed by atoms with Gasteiger partial charge in [-0.05, 0) is 67.3 Å². The molecule has 0 unspecified atom stereocenters. The maximum absolute atomic E-state index is 13.2. The van der Waals surface area contributed by atoms with E-state index in [9.17, 15) is 4.79 Å². The molecule has 0 aliphatic carbocycles. The van der Waals surface area contributed by atoms with E-state index in [-0.39, 0.29) is 5.91 Å². The number of aromatic nitrogens is 1. The number of para-hydroxylation sites is 1. The normalized spacial score (nSPS) is 11.2. The van der Waals surface area contributed by atoms with Crippen molar-refractivity contribution < 1.29 is 4.79 Å². The summed E-state index contributed by atoms with van der Waals surface area (Å²) >= 11 is 5.05. The Morgan fingerprint density at radius 3 is 2.52 bits per heavy atom. The van der Waals surface area contributed by atoms with Gasteiger partial charge in [0.1, 0.15) is 0 Å². The van der Waals surface area contributed by atoms with Crippen LogP contribution in [0.1, 0.15) is 16.8 Å². The molecule has 130 valence electrons. The van der Waals surface area contributed by atoms with Crippen LogP contribution in [0, 0.1) is 0 Å². The van der Waals surface area contributed by atoms with Crippen LogP contribution >= 0.6 is 27.3 Å². The number of anilines is 1. The molecular weight excluding hydrogens is 398 g/mol. The predicted octanol–water partition coefficient (Wildman–Crippen LogP) is 4.66. The molecule has 2 aromatic carbocycles. The van der Waals surface area contributed by atoms with Crippen molar-refractivity contribution in [2.75, 3.05) is 32.1 Å². The number of hydrogen-bond donors (Lipinski definition) is 0. The first kappa shape index (κ1) is 18.0. The molecule has 3 aromatic rings. The van der Waals surface area contributed by atoms with Gasteiger partial charge in [-0.3, -0.25) is 9.69 Å². The molecule has 4 nitrogen and oxygen atoms in total. The van der Waals surface area contributed by atoms with Crippen LogP contribution in [0.15, 0.2) is 53.0 Å². The van der Waals surface area contributed by atoms with Gasteiger partial charge in [0, 0.05) is 11.0 Å². The molecule has 3 rings (SSSR count). The van der Waals surface area contributed by atoms with Gasteiger partial charge in [0.05, 0.1) is 15.8 Å². The summed E-state index contributed by atoms with van der Waals surface area (Å²) in [5.74, 6) is -0.0229. The molecule has 0 aliphatic heterocycles. The molecule has 0 fully saturated rings.